The van der Waals surface area contributed by atoms with Crippen molar-refractivity contribution < 1.29 is 18.8 Å². The van der Waals surface area contributed by atoms with Crippen LogP contribution >= 0.6 is 11.8 Å². The van der Waals surface area contributed by atoms with Gasteiger partial charge in [0.2, 0.25) is 0 Å². The molecular formula is C17H16FNO4S. The number of nitro benzene ring substituents is 1. The number of non-ortho nitro benzene ring substituents is 1. The number of esters is 1. The van der Waals surface area contributed by atoms with Crippen LogP contribution in [0.2, 0.25) is 0 Å². The Bertz CT molecular complexity index is 751. The van der Waals surface area contributed by atoms with Crippen LogP contribution < -0.4 is 0 Å². The number of rotatable bonds is 7. The summed E-state index contributed by atoms with van der Waals surface area (Å²) in [6.07, 6.45) is 0.214. The predicted molar refractivity (Wildman–Crippen MR) is 90.5 cm³/mol. The topological polar surface area (TPSA) is 69.4 Å². The molecule has 0 N–H and O–H groups in total. The van der Waals surface area contributed by atoms with Crippen molar-refractivity contribution in [1.29, 1.82) is 0 Å². The highest BCUT2D eigenvalue weighted by Gasteiger charge is 2.15. The molecule has 0 aliphatic rings. The van der Waals surface area contributed by atoms with E-state index < -0.39 is 10.7 Å². The number of benzene rings is 2. The van der Waals surface area contributed by atoms with E-state index in [-0.39, 0.29) is 18.1 Å². The molecule has 24 heavy (non-hydrogen) atoms. The monoisotopic (exact) mass is 349 g/mol. The summed E-state index contributed by atoms with van der Waals surface area (Å²) in [5.41, 5.74) is 0.624. The molecule has 2 rings (SSSR count). The van der Waals surface area contributed by atoms with Crippen LogP contribution in [0.3, 0.4) is 0 Å². The molecule has 0 radical (unpaired) electrons. The van der Waals surface area contributed by atoms with Gasteiger partial charge < -0.3 is 4.74 Å². The first-order valence-electron chi connectivity index (χ1n) is 7.34. The zero-order valence-corrected chi connectivity index (χ0v) is 13.8. The maximum absolute atomic E-state index is 14.1. The standard InChI is InChI=1S/C17H16FNO4S/c1-2-23-17(20)9-10-24-16-8-7-12(19(21)22)11-14(16)13-5-3-4-6-15(13)18/h3-8,11H,2,9-10H2,1H3. The van der Waals surface area contributed by atoms with Crippen molar-refractivity contribution in [3.05, 3.63) is 58.4 Å². The molecule has 0 saturated heterocycles. The van der Waals surface area contributed by atoms with Crippen LogP contribution in [-0.4, -0.2) is 23.3 Å². The van der Waals surface area contributed by atoms with Gasteiger partial charge in [0.15, 0.2) is 0 Å². The van der Waals surface area contributed by atoms with Crippen LogP contribution in [0.4, 0.5) is 10.1 Å². The Labute approximate surface area is 143 Å². The predicted octanol–water partition coefficient (Wildman–Crippen LogP) is 4.45. The highest BCUT2D eigenvalue weighted by atomic mass is 32.2. The van der Waals surface area contributed by atoms with E-state index in [0.29, 0.717) is 28.4 Å². The molecule has 0 aliphatic carbocycles. The number of carbonyl (C=O) groups excluding carboxylic acids is 1. The van der Waals surface area contributed by atoms with E-state index in [1.54, 1.807) is 31.2 Å². The molecule has 0 heterocycles. The second kappa shape index (κ2) is 8.44. The van der Waals surface area contributed by atoms with E-state index in [2.05, 4.69) is 0 Å². The number of ether oxygens (including phenoxy) is 1. The largest absolute Gasteiger partial charge is 0.466 e. The Hall–Kier alpha value is -2.41. The van der Waals surface area contributed by atoms with Crippen LogP contribution in [0, 0.1) is 15.9 Å². The summed E-state index contributed by atoms with van der Waals surface area (Å²) in [4.78, 5) is 22.6. The van der Waals surface area contributed by atoms with Gasteiger partial charge in [-0.25, -0.2) is 4.39 Å². The van der Waals surface area contributed by atoms with Crippen molar-refractivity contribution in [2.45, 2.75) is 18.2 Å². The quantitative estimate of drug-likeness (QED) is 0.320. The summed E-state index contributed by atoms with van der Waals surface area (Å²) in [7, 11) is 0. The maximum Gasteiger partial charge on any atom is 0.306 e. The SMILES string of the molecule is CCOC(=O)CCSc1ccc([N+](=O)[O-])cc1-c1ccccc1F. The molecule has 0 saturated carbocycles. The average Bonchev–Trinajstić information content (AvgIpc) is 2.56. The molecule has 0 aliphatic heterocycles. The molecule has 0 aromatic heterocycles. The van der Waals surface area contributed by atoms with E-state index >= 15 is 0 Å². The van der Waals surface area contributed by atoms with Crippen molar-refractivity contribution in [2.24, 2.45) is 0 Å². The number of halogens is 1. The molecule has 0 spiro atoms. The normalized spacial score (nSPS) is 10.4. The Morgan fingerprint density at radius 1 is 1.25 bits per heavy atom. The molecule has 126 valence electrons. The summed E-state index contributed by atoms with van der Waals surface area (Å²) < 4.78 is 18.9. The molecule has 7 heteroatoms. The molecule has 0 atom stereocenters. The van der Waals surface area contributed by atoms with E-state index in [9.17, 15) is 19.3 Å². The molecular weight excluding hydrogens is 333 g/mol. The zero-order valence-electron chi connectivity index (χ0n) is 13.0. The van der Waals surface area contributed by atoms with Gasteiger partial charge >= 0.3 is 5.97 Å². The second-order valence-corrected chi connectivity index (χ2v) is 5.96. The van der Waals surface area contributed by atoms with Crippen LogP contribution in [0.15, 0.2) is 47.4 Å². The van der Waals surface area contributed by atoms with Gasteiger partial charge in [0, 0.05) is 33.9 Å². The van der Waals surface area contributed by atoms with Gasteiger partial charge in [-0.2, -0.15) is 0 Å². The van der Waals surface area contributed by atoms with Crippen LogP contribution in [0.5, 0.6) is 0 Å². The minimum atomic E-state index is -0.516. The number of thioether (sulfide) groups is 1. The van der Waals surface area contributed by atoms with Gasteiger partial charge in [-0.15, -0.1) is 11.8 Å². The van der Waals surface area contributed by atoms with Gasteiger partial charge in [-0.3, -0.25) is 14.9 Å². The van der Waals surface area contributed by atoms with Crippen molar-refractivity contribution in [1.82, 2.24) is 0 Å². The van der Waals surface area contributed by atoms with Crippen molar-refractivity contribution in [3.8, 4) is 11.1 Å². The van der Waals surface area contributed by atoms with Crippen LogP contribution in [0.25, 0.3) is 11.1 Å². The van der Waals surface area contributed by atoms with Crippen molar-refractivity contribution >= 4 is 23.4 Å². The van der Waals surface area contributed by atoms with Crippen LogP contribution in [-0.2, 0) is 9.53 Å². The lowest BCUT2D eigenvalue weighted by Crippen LogP contribution is -2.04. The first kappa shape index (κ1) is 17.9. The number of carbonyl (C=O) groups is 1. The summed E-state index contributed by atoms with van der Waals surface area (Å²) in [6, 6.07) is 10.4. The number of hydrogen-bond donors (Lipinski definition) is 0. The molecule has 0 fully saturated rings. The average molecular weight is 349 g/mol. The Kier molecular flexibility index (Phi) is 6.31. The smallest absolute Gasteiger partial charge is 0.306 e. The fourth-order valence-corrected chi connectivity index (χ4v) is 3.10. The van der Waals surface area contributed by atoms with Crippen molar-refractivity contribution in [3.63, 3.8) is 0 Å². The minimum Gasteiger partial charge on any atom is -0.466 e. The van der Waals surface area contributed by atoms with E-state index in [1.165, 1.54) is 30.0 Å². The lowest BCUT2D eigenvalue weighted by atomic mass is 10.0. The highest BCUT2D eigenvalue weighted by Crippen LogP contribution is 2.35. The molecule has 2 aromatic rings. The Morgan fingerprint density at radius 3 is 2.67 bits per heavy atom. The van der Waals surface area contributed by atoms with Crippen LogP contribution in [0.1, 0.15) is 13.3 Å². The Morgan fingerprint density at radius 2 is 2.00 bits per heavy atom. The third-order valence-corrected chi connectivity index (χ3v) is 4.28. The Balaban J connectivity index is 2.29. The van der Waals surface area contributed by atoms with Gasteiger partial charge in [-0.1, -0.05) is 18.2 Å². The van der Waals surface area contributed by atoms with Gasteiger partial charge in [0.1, 0.15) is 5.82 Å². The van der Waals surface area contributed by atoms with E-state index in [4.69, 9.17) is 4.74 Å². The first-order chi connectivity index (χ1) is 11.5. The molecule has 5 nitrogen and oxygen atoms in total. The second-order valence-electron chi connectivity index (χ2n) is 4.82. The summed E-state index contributed by atoms with van der Waals surface area (Å²) >= 11 is 1.34. The molecule has 2 aromatic carbocycles. The third kappa shape index (κ3) is 4.55. The van der Waals surface area contributed by atoms with Gasteiger partial charge in [-0.05, 0) is 19.1 Å². The minimum absolute atomic E-state index is 0.108. The fourth-order valence-electron chi connectivity index (χ4n) is 2.12. The number of hydrogen-bond acceptors (Lipinski definition) is 5. The maximum atomic E-state index is 14.1. The molecule has 0 amide bonds. The molecule has 0 unspecified atom stereocenters. The summed E-state index contributed by atoms with van der Waals surface area (Å²) in [5.74, 6) is -0.317. The summed E-state index contributed by atoms with van der Waals surface area (Å²) in [6.45, 7) is 2.05. The highest BCUT2D eigenvalue weighted by molar-refractivity contribution is 7.99. The number of nitro groups is 1. The lowest BCUT2D eigenvalue weighted by Gasteiger charge is -2.10. The summed E-state index contributed by atoms with van der Waals surface area (Å²) in [5, 5.41) is 11.0. The fraction of sp³-hybridized carbons (Fsp3) is 0.235. The van der Waals surface area contributed by atoms with Gasteiger partial charge in [0.05, 0.1) is 18.0 Å². The third-order valence-electron chi connectivity index (χ3n) is 3.21. The number of nitrogens with zero attached hydrogens (tertiary/aromatic N) is 1. The lowest BCUT2D eigenvalue weighted by molar-refractivity contribution is -0.384. The van der Waals surface area contributed by atoms with E-state index in [1.807, 2.05) is 0 Å². The molecule has 0 bridgehead atoms. The first-order valence-corrected chi connectivity index (χ1v) is 8.33. The van der Waals surface area contributed by atoms with Gasteiger partial charge in [0.25, 0.3) is 5.69 Å². The van der Waals surface area contributed by atoms with E-state index in [0.717, 1.165) is 0 Å². The zero-order chi connectivity index (χ0) is 17.5. The van der Waals surface area contributed by atoms with Crippen molar-refractivity contribution in [2.75, 3.05) is 12.4 Å².